The third-order valence-corrected chi connectivity index (χ3v) is 6.13. The van der Waals surface area contributed by atoms with E-state index in [1.54, 1.807) is 12.7 Å². The third-order valence-electron chi connectivity index (χ3n) is 6.13. The first-order chi connectivity index (χ1) is 14.3. The number of benzene rings is 1. The van der Waals surface area contributed by atoms with E-state index in [1.165, 1.54) is 17.5 Å². The molecule has 1 aliphatic rings. The highest BCUT2D eigenvalue weighted by molar-refractivity contribution is 5.87. The van der Waals surface area contributed by atoms with Crippen LogP contribution in [0, 0.1) is 5.92 Å². The lowest BCUT2D eigenvalue weighted by Gasteiger charge is -2.22. The number of aromatic amines is 1. The Morgan fingerprint density at radius 1 is 1.07 bits per heavy atom. The van der Waals surface area contributed by atoms with Crippen molar-refractivity contribution in [1.82, 2.24) is 24.9 Å². The fourth-order valence-corrected chi connectivity index (χ4v) is 4.80. The summed E-state index contributed by atoms with van der Waals surface area (Å²) in [6.07, 6.45) is 10.0. The van der Waals surface area contributed by atoms with Gasteiger partial charge in [0, 0.05) is 30.6 Å². The van der Waals surface area contributed by atoms with Crippen molar-refractivity contribution in [1.29, 1.82) is 0 Å². The second kappa shape index (κ2) is 7.78. The maximum Gasteiger partial charge on any atom is 0.142 e. The number of hydrogen-bond donors (Lipinski definition) is 1. The molecule has 1 fully saturated rings. The summed E-state index contributed by atoms with van der Waals surface area (Å²) >= 11 is 0. The van der Waals surface area contributed by atoms with Crippen molar-refractivity contribution >= 4 is 27.8 Å². The first-order valence-corrected chi connectivity index (χ1v) is 10.6. The predicted molar refractivity (Wildman–Crippen MR) is 116 cm³/mol. The number of rotatable bonds is 6. The number of anilines is 1. The minimum Gasteiger partial charge on any atom is -0.356 e. The maximum atomic E-state index is 4.73. The molecule has 29 heavy (non-hydrogen) atoms. The molecule has 4 aromatic rings. The minimum absolute atomic E-state index is 0.468. The number of fused-ring (bicyclic) bond motifs is 2. The molecule has 0 bridgehead atoms. The number of para-hydroxylation sites is 1. The first-order valence-electron chi connectivity index (χ1n) is 10.6. The number of hydrogen-bond acceptors (Lipinski definition) is 5. The van der Waals surface area contributed by atoms with Gasteiger partial charge in [0.15, 0.2) is 0 Å². The van der Waals surface area contributed by atoms with Gasteiger partial charge in [-0.1, -0.05) is 31.5 Å². The summed E-state index contributed by atoms with van der Waals surface area (Å²) in [6, 6.07) is 10.5. The van der Waals surface area contributed by atoms with Crippen LogP contribution in [-0.2, 0) is 0 Å². The lowest BCUT2D eigenvalue weighted by Crippen LogP contribution is -2.21. The molecule has 0 spiro atoms. The van der Waals surface area contributed by atoms with Gasteiger partial charge in [0.1, 0.15) is 24.1 Å². The summed E-state index contributed by atoms with van der Waals surface area (Å²) in [6.45, 7) is 4.35. The van der Waals surface area contributed by atoms with Crippen molar-refractivity contribution in [3.8, 4) is 0 Å². The van der Waals surface area contributed by atoms with Crippen molar-refractivity contribution in [2.75, 3.05) is 18.0 Å². The lowest BCUT2D eigenvalue weighted by molar-refractivity contribution is 0.442. The van der Waals surface area contributed by atoms with Gasteiger partial charge in [-0.05, 0) is 37.3 Å². The summed E-state index contributed by atoms with van der Waals surface area (Å²) in [4.78, 5) is 23.7. The molecule has 6 nitrogen and oxygen atoms in total. The molecule has 1 unspecified atom stereocenters. The molecule has 148 valence electrons. The van der Waals surface area contributed by atoms with E-state index in [4.69, 9.17) is 4.98 Å². The van der Waals surface area contributed by atoms with Crippen LogP contribution >= 0.6 is 0 Å². The molecular weight excluding hydrogens is 360 g/mol. The van der Waals surface area contributed by atoms with E-state index >= 15 is 0 Å². The van der Waals surface area contributed by atoms with Gasteiger partial charge < -0.3 is 9.88 Å². The summed E-state index contributed by atoms with van der Waals surface area (Å²) in [7, 11) is 0. The number of nitrogens with one attached hydrogen (secondary N) is 1. The van der Waals surface area contributed by atoms with E-state index in [2.05, 4.69) is 56.0 Å². The van der Waals surface area contributed by atoms with Crippen LogP contribution in [0.5, 0.6) is 0 Å². The number of aromatic nitrogens is 5. The summed E-state index contributed by atoms with van der Waals surface area (Å²) in [5.74, 6) is 2.16. The smallest absolute Gasteiger partial charge is 0.142 e. The van der Waals surface area contributed by atoms with Crippen LogP contribution in [0.3, 0.4) is 0 Å². The van der Waals surface area contributed by atoms with Crippen molar-refractivity contribution < 1.29 is 0 Å². The van der Waals surface area contributed by atoms with Crippen molar-refractivity contribution in [2.45, 2.75) is 38.5 Å². The van der Waals surface area contributed by atoms with Gasteiger partial charge in [-0.2, -0.15) is 0 Å². The topological polar surface area (TPSA) is 70.6 Å². The van der Waals surface area contributed by atoms with Gasteiger partial charge in [0.25, 0.3) is 0 Å². The van der Waals surface area contributed by atoms with Gasteiger partial charge >= 0.3 is 0 Å². The Morgan fingerprint density at radius 2 is 1.97 bits per heavy atom. The van der Waals surface area contributed by atoms with Crippen LogP contribution in [-0.4, -0.2) is 38.0 Å². The maximum absolute atomic E-state index is 4.73. The van der Waals surface area contributed by atoms with E-state index in [9.17, 15) is 0 Å². The normalized spacial score (nSPS) is 18.0. The van der Waals surface area contributed by atoms with Gasteiger partial charge in [-0.3, -0.25) is 0 Å². The Kier molecular flexibility index (Phi) is 4.84. The Balaban J connectivity index is 1.37. The molecule has 1 saturated heterocycles. The molecule has 5 rings (SSSR count). The molecule has 1 aromatic carbocycles. The molecule has 6 heteroatoms. The van der Waals surface area contributed by atoms with Crippen LogP contribution in [0.4, 0.5) is 5.82 Å². The monoisotopic (exact) mass is 386 g/mol. The van der Waals surface area contributed by atoms with Crippen molar-refractivity contribution in [3.63, 3.8) is 0 Å². The average Bonchev–Trinajstić information content (AvgIpc) is 3.42. The Labute approximate surface area is 170 Å². The van der Waals surface area contributed by atoms with E-state index in [-0.39, 0.29) is 0 Å². The van der Waals surface area contributed by atoms with Crippen molar-refractivity contribution in [3.05, 3.63) is 54.9 Å². The summed E-state index contributed by atoms with van der Waals surface area (Å²) in [5, 5.41) is 2.31. The Bertz CT molecular complexity index is 1120. The summed E-state index contributed by atoms with van der Waals surface area (Å²) < 4.78 is 0. The zero-order chi connectivity index (χ0) is 19.6. The van der Waals surface area contributed by atoms with Crippen LogP contribution in [0.1, 0.15) is 44.2 Å². The zero-order valence-electron chi connectivity index (χ0n) is 16.8. The second-order valence-electron chi connectivity index (χ2n) is 8.04. The summed E-state index contributed by atoms with van der Waals surface area (Å²) in [5.41, 5.74) is 3.17. The van der Waals surface area contributed by atoms with Crippen molar-refractivity contribution in [2.24, 2.45) is 5.92 Å². The molecule has 0 amide bonds. The van der Waals surface area contributed by atoms with Gasteiger partial charge in [0.2, 0.25) is 0 Å². The quantitative estimate of drug-likeness (QED) is 0.520. The molecule has 4 heterocycles. The van der Waals surface area contributed by atoms with Crippen LogP contribution in [0.2, 0.25) is 0 Å². The van der Waals surface area contributed by atoms with Gasteiger partial charge in [0.05, 0.1) is 16.6 Å². The molecule has 1 N–H and O–H groups in total. The van der Waals surface area contributed by atoms with E-state index < -0.39 is 0 Å². The third kappa shape index (κ3) is 3.43. The highest BCUT2D eigenvalue weighted by Gasteiger charge is 2.28. The molecule has 0 aliphatic carbocycles. The minimum atomic E-state index is 0.468. The van der Waals surface area contributed by atoms with Gasteiger partial charge in [-0.25, -0.2) is 19.9 Å². The first kappa shape index (κ1) is 18.0. The molecule has 0 radical (unpaired) electrons. The fraction of sp³-hybridized carbons (Fsp3) is 0.391. The Morgan fingerprint density at radius 3 is 2.90 bits per heavy atom. The standard InChI is InChI=1S/C23H26N6/c1-2-5-17(21-18-6-3-4-7-20(18)25-14-26-21)12-16-9-11-29(13-16)23-19-8-10-24-22(19)27-15-28-23/h3-4,6-8,10,14-17H,2,5,9,11-13H2,1H3,(H,24,27,28)/t16-,17?/m0/s1. The zero-order valence-corrected chi connectivity index (χ0v) is 16.8. The Hall–Kier alpha value is -3.02. The largest absolute Gasteiger partial charge is 0.356 e. The predicted octanol–water partition coefficient (Wildman–Crippen LogP) is 4.70. The fourth-order valence-electron chi connectivity index (χ4n) is 4.80. The number of H-pyrrole nitrogens is 1. The van der Waals surface area contributed by atoms with Gasteiger partial charge in [-0.15, -0.1) is 0 Å². The van der Waals surface area contributed by atoms with E-state index in [0.29, 0.717) is 11.8 Å². The molecule has 0 saturated carbocycles. The number of nitrogens with zero attached hydrogens (tertiary/aromatic N) is 5. The SMILES string of the molecule is CCCC(C[C@@H]1CCN(c2ncnc3[nH]ccc23)C1)c1ncnc2ccccc12. The molecular formula is C23H26N6. The average molecular weight is 387 g/mol. The van der Waals surface area contributed by atoms with Crippen LogP contribution in [0.15, 0.2) is 49.2 Å². The van der Waals surface area contributed by atoms with E-state index in [1.807, 2.05) is 12.3 Å². The highest BCUT2D eigenvalue weighted by Crippen LogP contribution is 2.36. The molecule has 1 aliphatic heterocycles. The van der Waals surface area contributed by atoms with E-state index in [0.717, 1.165) is 54.7 Å². The van der Waals surface area contributed by atoms with Crippen LogP contribution < -0.4 is 4.90 Å². The second-order valence-corrected chi connectivity index (χ2v) is 8.04. The lowest BCUT2D eigenvalue weighted by atomic mass is 9.86. The molecule has 2 atom stereocenters. The van der Waals surface area contributed by atoms with Crippen LogP contribution in [0.25, 0.3) is 21.9 Å². The molecule has 3 aromatic heterocycles. The highest BCUT2D eigenvalue weighted by atomic mass is 15.2.